The number of ether oxygens (including phenoxy) is 1. The molecule has 1 fully saturated rings. The van der Waals surface area contributed by atoms with Crippen LogP contribution in [0.2, 0.25) is 0 Å². The van der Waals surface area contributed by atoms with Crippen molar-refractivity contribution in [3.8, 4) is 6.07 Å². The zero-order chi connectivity index (χ0) is 29.1. The molecule has 0 radical (unpaired) electrons. The van der Waals surface area contributed by atoms with Crippen LogP contribution in [0.15, 0.2) is 66.7 Å². The summed E-state index contributed by atoms with van der Waals surface area (Å²) >= 11 is 0. The smallest absolute Gasteiger partial charge is 0.444 e. The lowest BCUT2D eigenvalue weighted by Crippen LogP contribution is -2.45. The predicted molar refractivity (Wildman–Crippen MR) is 146 cm³/mol. The number of likely N-dealkylation sites (tertiary alicyclic amines) is 1. The van der Waals surface area contributed by atoms with Crippen molar-refractivity contribution >= 4 is 33.2 Å². The Morgan fingerprint density at radius 1 is 1.05 bits per heavy atom. The van der Waals surface area contributed by atoms with Crippen molar-refractivity contribution < 1.29 is 32.5 Å². The first kappa shape index (κ1) is 28.8. The average Bonchev–Trinajstić information content (AvgIpc) is 3.38. The summed E-state index contributed by atoms with van der Waals surface area (Å²) in [7, 11) is -4.67. The van der Waals surface area contributed by atoms with Crippen LogP contribution in [-0.2, 0) is 24.7 Å². The van der Waals surface area contributed by atoms with Crippen LogP contribution in [0.25, 0.3) is 10.8 Å². The molecule has 1 heterocycles. The summed E-state index contributed by atoms with van der Waals surface area (Å²) in [5.74, 6) is 0. The van der Waals surface area contributed by atoms with Crippen LogP contribution in [0.5, 0.6) is 0 Å². The van der Waals surface area contributed by atoms with Crippen molar-refractivity contribution in [1.29, 1.82) is 5.26 Å². The van der Waals surface area contributed by atoms with E-state index < -0.39 is 40.1 Å². The van der Waals surface area contributed by atoms with Gasteiger partial charge in [0.15, 0.2) is 0 Å². The van der Waals surface area contributed by atoms with Crippen molar-refractivity contribution in [3.05, 3.63) is 83.4 Å². The maximum Gasteiger partial charge on any atom is 0.456 e. The zero-order valence-corrected chi connectivity index (χ0v) is 23.1. The van der Waals surface area contributed by atoms with Gasteiger partial charge in [-0.3, -0.25) is 4.89 Å². The van der Waals surface area contributed by atoms with E-state index in [4.69, 9.17) is 19.7 Å². The zero-order valence-electron chi connectivity index (χ0n) is 22.3. The summed E-state index contributed by atoms with van der Waals surface area (Å²) in [5.41, 5.74) is 0.608. The summed E-state index contributed by atoms with van der Waals surface area (Å²) in [5, 5.41) is 16.3. The first-order chi connectivity index (χ1) is 18.9. The minimum Gasteiger partial charge on any atom is -0.444 e. The van der Waals surface area contributed by atoms with E-state index in [1.807, 2.05) is 0 Å². The summed E-state index contributed by atoms with van der Waals surface area (Å²) in [6, 6.07) is 19.6. The molecular weight excluding hydrogens is 536 g/mol. The molecule has 4 rings (SSSR count). The molecule has 12 heteroatoms. The molecule has 1 saturated heterocycles. The van der Waals surface area contributed by atoms with Crippen LogP contribution in [0.1, 0.15) is 49.9 Å². The molecule has 2 atom stereocenters. The first-order valence-electron chi connectivity index (χ1n) is 12.5. The van der Waals surface area contributed by atoms with Crippen molar-refractivity contribution in [1.82, 2.24) is 9.21 Å². The maximum absolute atomic E-state index is 13.3. The van der Waals surface area contributed by atoms with Crippen LogP contribution in [0.4, 0.5) is 9.59 Å². The Labute approximate surface area is 232 Å². The van der Waals surface area contributed by atoms with E-state index in [9.17, 15) is 23.3 Å². The Balaban J connectivity index is 1.61. The van der Waals surface area contributed by atoms with Gasteiger partial charge in [-0.1, -0.05) is 48.5 Å². The average molecular weight is 567 g/mol. The lowest BCUT2D eigenvalue weighted by molar-refractivity contribution is -0.272. The monoisotopic (exact) mass is 566 g/mol. The molecule has 11 nitrogen and oxygen atoms in total. The van der Waals surface area contributed by atoms with Crippen LogP contribution >= 0.6 is 0 Å². The number of hydrogen-bond donors (Lipinski definition) is 1. The van der Waals surface area contributed by atoms with E-state index in [1.165, 1.54) is 4.90 Å². The van der Waals surface area contributed by atoms with Crippen LogP contribution < -0.4 is 5.14 Å². The van der Waals surface area contributed by atoms with E-state index in [2.05, 4.69) is 6.07 Å². The third-order valence-corrected chi connectivity index (χ3v) is 7.07. The fourth-order valence-electron chi connectivity index (χ4n) is 4.40. The number of carbonyl (C=O) groups is 2. The molecule has 3 aromatic carbocycles. The van der Waals surface area contributed by atoms with Gasteiger partial charge >= 0.3 is 22.4 Å². The highest BCUT2D eigenvalue weighted by Crippen LogP contribution is 2.33. The molecular formula is C28H30N4O7S. The molecule has 0 bridgehead atoms. The minimum absolute atomic E-state index is 0.0889. The predicted octanol–water partition coefficient (Wildman–Crippen LogP) is 4.38. The minimum atomic E-state index is -4.67. The van der Waals surface area contributed by atoms with E-state index in [-0.39, 0.29) is 6.54 Å². The number of amides is 2. The number of hydrogen-bond acceptors (Lipinski definition) is 8. The number of nitriles is 1. The van der Waals surface area contributed by atoms with E-state index >= 15 is 0 Å². The molecule has 3 aromatic rings. The Morgan fingerprint density at radius 2 is 1.75 bits per heavy atom. The van der Waals surface area contributed by atoms with Gasteiger partial charge in [-0.25, -0.2) is 14.7 Å². The highest BCUT2D eigenvalue weighted by atomic mass is 32.2. The Morgan fingerprint density at radius 3 is 2.40 bits per heavy atom. The Bertz CT molecular complexity index is 1550. The fraction of sp³-hybridized carbons (Fsp3) is 0.321. The van der Waals surface area contributed by atoms with E-state index in [0.717, 1.165) is 5.39 Å². The lowest BCUT2D eigenvalue weighted by atomic mass is 9.95. The van der Waals surface area contributed by atoms with Gasteiger partial charge in [-0.05, 0) is 67.3 Å². The Kier molecular flexibility index (Phi) is 8.29. The van der Waals surface area contributed by atoms with E-state index in [0.29, 0.717) is 39.3 Å². The third-order valence-electron chi connectivity index (χ3n) is 6.17. The molecule has 0 spiro atoms. The van der Waals surface area contributed by atoms with Gasteiger partial charge in [-0.2, -0.15) is 22.9 Å². The van der Waals surface area contributed by atoms with Crippen LogP contribution in [0, 0.1) is 11.3 Å². The molecule has 40 heavy (non-hydrogen) atoms. The number of rotatable bonds is 6. The number of nitrogens with two attached hydrogens (primary N) is 1. The standard InChI is InChI=1S/C28H30N4O7S/c1-28(2,3)37-26(33)31-14-13-24(18-31)38-39-27(34)32(40(30,35)36)25(21-7-5-4-6-8-21)22-12-11-20-10-9-19(17-29)15-23(20)16-22/h4-12,15-16,24-25H,13-14,18H2,1-3H3,(H2,30,35,36). The summed E-state index contributed by atoms with van der Waals surface area (Å²) in [4.78, 5) is 37.3. The second kappa shape index (κ2) is 11.5. The van der Waals surface area contributed by atoms with Crippen molar-refractivity contribution in [2.24, 2.45) is 5.14 Å². The van der Waals surface area contributed by atoms with E-state index in [1.54, 1.807) is 87.5 Å². The van der Waals surface area contributed by atoms with Gasteiger partial charge in [-0.15, -0.1) is 0 Å². The van der Waals surface area contributed by atoms with Gasteiger partial charge < -0.3 is 9.64 Å². The second-order valence-electron chi connectivity index (χ2n) is 10.4. The third kappa shape index (κ3) is 6.87. The number of nitrogens with zero attached hydrogens (tertiary/aromatic N) is 3. The van der Waals surface area contributed by atoms with Crippen LogP contribution in [0.3, 0.4) is 0 Å². The van der Waals surface area contributed by atoms with Crippen molar-refractivity contribution in [2.45, 2.75) is 44.9 Å². The molecule has 2 N–H and O–H groups in total. The molecule has 0 aliphatic carbocycles. The fourth-order valence-corrected chi connectivity index (χ4v) is 5.18. The number of carbonyl (C=O) groups excluding carboxylic acids is 2. The first-order valence-corrected chi connectivity index (χ1v) is 14.0. The summed E-state index contributed by atoms with van der Waals surface area (Å²) in [6.45, 7) is 5.65. The van der Waals surface area contributed by atoms with Gasteiger partial charge in [0.25, 0.3) is 0 Å². The highest BCUT2D eigenvalue weighted by molar-refractivity contribution is 7.87. The van der Waals surface area contributed by atoms with Gasteiger partial charge in [0.1, 0.15) is 17.7 Å². The Hall–Kier alpha value is -4.18. The number of fused-ring (bicyclic) bond motifs is 1. The SMILES string of the molecule is CC(C)(C)OC(=O)N1CCC(OOC(=O)N(C(c2ccccc2)c2ccc3ccc(C#N)cc3c2)S(N)(=O)=O)C1. The molecule has 1 aliphatic rings. The van der Waals surface area contributed by atoms with Crippen LogP contribution in [-0.4, -0.2) is 54.6 Å². The van der Waals surface area contributed by atoms with Crippen molar-refractivity contribution in [2.75, 3.05) is 13.1 Å². The second-order valence-corrected chi connectivity index (χ2v) is 11.8. The largest absolute Gasteiger partial charge is 0.456 e. The van der Waals surface area contributed by atoms with Gasteiger partial charge in [0, 0.05) is 6.54 Å². The lowest BCUT2D eigenvalue weighted by Gasteiger charge is -2.29. The molecule has 210 valence electrons. The molecule has 0 aromatic heterocycles. The number of benzene rings is 3. The molecule has 0 saturated carbocycles. The molecule has 2 unspecified atom stereocenters. The molecule has 1 aliphatic heterocycles. The maximum atomic E-state index is 13.3. The molecule has 2 amide bonds. The summed E-state index contributed by atoms with van der Waals surface area (Å²) < 4.78 is 31.4. The summed E-state index contributed by atoms with van der Waals surface area (Å²) in [6.07, 6.45) is -2.23. The quantitative estimate of drug-likeness (QED) is 0.341. The topological polar surface area (TPSA) is 152 Å². The van der Waals surface area contributed by atoms with Gasteiger partial charge in [0.05, 0.1) is 18.2 Å². The normalized spacial score (nSPS) is 16.3. The van der Waals surface area contributed by atoms with Gasteiger partial charge in [0.2, 0.25) is 0 Å². The highest BCUT2D eigenvalue weighted by Gasteiger charge is 2.38. The van der Waals surface area contributed by atoms with Crippen molar-refractivity contribution in [3.63, 3.8) is 0 Å².